The first-order valence-corrected chi connectivity index (χ1v) is 9.41. The highest BCUT2D eigenvalue weighted by molar-refractivity contribution is 7.10. The molecule has 1 saturated heterocycles. The van der Waals surface area contributed by atoms with Crippen LogP contribution in [0.3, 0.4) is 0 Å². The maximum atomic E-state index is 12.3. The molecule has 0 spiro atoms. The van der Waals surface area contributed by atoms with E-state index in [4.69, 9.17) is 4.42 Å². The Hall–Kier alpha value is -1.63. The van der Waals surface area contributed by atoms with Crippen LogP contribution in [-0.4, -0.2) is 54.5 Å². The molecule has 0 aliphatic carbocycles. The van der Waals surface area contributed by atoms with Crippen LogP contribution in [-0.2, 0) is 0 Å². The minimum Gasteiger partial charge on any atom is -0.459 e. The fourth-order valence-corrected chi connectivity index (χ4v) is 4.29. The van der Waals surface area contributed by atoms with Crippen molar-refractivity contribution in [2.45, 2.75) is 25.9 Å². The van der Waals surface area contributed by atoms with Crippen LogP contribution in [0, 0.1) is 0 Å². The summed E-state index contributed by atoms with van der Waals surface area (Å²) in [6.45, 7) is 9.60. The van der Waals surface area contributed by atoms with Gasteiger partial charge in [-0.1, -0.05) is 13.0 Å². The Kier molecular flexibility index (Phi) is 5.71. The first kappa shape index (κ1) is 17.2. The van der Waals surface area contributed by atoms with Gasteiger partial charge in [-0.3, -0.25) is 9.69 Å². The van der Waals surface area contributed by atoms with E-state index in [1.54, 1.807) is 23.5 Å². The van der Waals surface area contributed by atoms with Gasteiger partial charge in [0.2, 0.25) is 0 Å². The summed E-state index contributed by atoms with van der Waals surface area (Å²) in [5, 5.41) is 5.21. The summed E-state index contributed by atoms with van der Waals surface area (Å²) in [7, 11) is 0. The van der Waals surface area contributed by atoms with Crippen LogP contribution in [0.1, 0.15) is 35.3 Å². The van der Waals surface area contributed by atoms with Crippen LogP contribution < -0.4 is 5.32 Å². The third-order valence-corrected chi connectivity index (χ3v) is 5.60. The lowest BCUT2D eigenvalue weighted by molar-refractivity contribution is 0.0739. The fraction of sp³-hybridized carbons (Fsp3) is 0.500. The maximum Gasteiger partial charge on any atom is 0.287 e. The van der Waals surface area contributed by atoms with Crippen molar-refractivity contribution in [3.8, 4) is 0 Å². The molecule has 0 bridgehead atoms. The summed E-state index contributed by atoms with van der Waals surface area (Å²) in [5.74, 6) is 0.212. The van der Waals surface area contributed by atoms with E-state index in [0.29, 0.717) is 5.76 Å². The van der Waals surface area contributed by atoms with Gasteiger partial charge in [-0.15, -0.1) is 11.3 Å². The molecule has 0 unspecified atom stereocenters. The van der Waals surface area contributed by atoms with Gasteiger partial charge in [-0.25, -0.2) is 0 Å². The molecule has 0 saturated carbocycles. The normalized spacial score (nSPS) is 19.1. The highest BCUT2D eigenvalue weighted by atomic mass is 32.1. The van der Waals surface area contributed by atoms with Gasteiger partial charge in [-0.05, 0) is 37.0 Å². The summed E-state index contributed by atoms with van der Waals surface area (Å²) >= 11 is 1.75. The third kappa shape index (κ3) is 3.88. The van der Waals surface area contributed by atoms with Crippen LogP contribution in [0.4, 0.5) is 0 Å². The number of piperazine rings is 1. The predicted octanol–water partition coefficient (Wildman–Crippen LogP) is 2.84. The molecular weight excluding hydrogens is 322 g/mol. The highest BCUT2D eigenvalue weighted by Gasteiger charge is 2.30. The van der Waals surface area contributed by atoms with Crippen LogP contribution in [0.15, 0.2) is 40.3 Å². The Bertz CT molecular complexity index is 619. The van der Waals surface area contributed by atoms with Crippen LogP contribution in [0.5, 0.6) is 0 Å². The molecule has 3 rings (SSSR count). The van der Waals surface area contributed by atoms with Gasteiger partial charge in [0.1, 0.15) is 0 Å². The zero-order chi connectivity index (χ0) is 16.9. The van der Waals surface area contributed by atoms with Crippen molar-refractivity contribution < 1.29 is 9.21 Å². The molecule has 2 aromatic rings. The third-order valence-electron chi connectivity index (χ3n) is 4.66. The Morgan fingerprint density at radius 1 is 1.29 bits per heavy atom. The van der Waals surface area contributed by atoms with E-state index in [9.17, 15) is 4.79 Å². The van der Waals surface area contributed by atoms with Crippen molar-refractivity contribution in [2.75, 3.05) is 32.7 Å². The molecule has 1 aliphatic heterocycles. The van der Waals surface area contributed by atoms with Crippen molar-refractivity contribution in [3.63, 3.8) is 0 Å². The molecular formula is C18H25N3O2S. The minimum absolute atomic E-state index is 0.00873. The second-order valence-electron chi connectivity index (χ2n) is 6.17. The molecule has 2 aromatic heterocycles. The van der Waals surface area contributed by atoms with Crippen molar-refractivity contribution >= 4 is 17.2 Å². The molecule has 0 radical (unpaired) electrons. The van der Waals surface area contributed by atoms with Gasteiger partial charge in [0, 0.05) is 37.1 Å². The lowest BCUT2D eigenvalue weighted by Crippen LogP contribution is -2.52. The average molecular weight is 347 g/mol. The number of nitrogens with zero attached hydrogens (tertiary/aromatic N) is 2. The average Bonchev–Trinajstić information content (AvgIpc) is 3.29. The second-order valence-corrected chi connectivity index (χ2v) is 7.15. The topological polar surface area (TPSA) is 48.7 Å². The minimum atomic E-state index is -0.152. The summed E-state index contributed by atoms with van der Waals surface area (Å²) in [6.07, 6.45) is 1.53. The second kappa shape index (κ2) is 7.96. The number of hydrogen-bond donors (Lipinski definition) is 1. The molecule has 5 nitrogen and oxygen atoms in total. The lowest BCUT2D eigenvalue weighted by Gasteiger charge is -2.41. The number of amides is 1. The SMILES string of the molecule is CCN1CCN([C@H](c2cccs2)[C@H](C)NC(=O)c2ccco2)CC1. The molecule has 1 N–H and O–H groups in total. The number of nitrogens with one attached hydrogen (secondary N) is 1. The molecule has 0 aromatic carbocycles. The van der Waals surface area contributed by atoms with E-state index in [0.717, 1.165) is 32.7 Å². The Morgan fingerprint density at radius 3 is 2.67 bits per heavy atom. The predicted molar refractivity (Wildman–Crippen MR) is 96.4 cm³/mol. The van der Waals surface area contributed by atoms with Crippen molar-refractivity contribution in [2.24, 2.45) is 0 Å². The smallest absolute Gasteiger partial charge is 0.287 e. The lowest BCUT2D eigenvalue weighted by atomic mass is 10.0. The van der Waals surface area contributed by atoms with E-state index in [1.807, 2.05) is 0 Å². The Morgan fingerprint density at radius 2 is 2.08 bits per heavy atom. The number of rotatable bonds is 6. The zero-order valence-corrected chi connectivity index (χ0v) is 15.1. The first-order chi connectivity index (χ1) is 11.7. The molecule has 6 heteroatoms. The summed E-state index contributed by atoms with van der Waals surface area (Å²) in [4.78, 5) is 18.6. The standard InChI is InChI=1S/C18H25N3O2S/c1-3-20-8-10-21(11-9-20)17(16-7-5-13-24-16)14(2)19-18(22)15-6-4-12-23-15/h4-7,12-14,17H,3,8-11H2,1-2H3,(H,19,22)/t14-,17-/m0/s1. The Balaban J connectivity index is 1.72. The van der Waals surface area contributed by atoms with Crippen LogP contribution >= 0.6 is 11.3 Å². The Labute approximate surface area is 147 Å². The number of hydrogen-bond acceptors (Lipinski definition) is 5. The fourth-order valence-electron chi connectivity index (χ4n) is 3.32. The molecule has 1 fully saturated rings. The number of carbonyl (C=O) groups excluding carboxylic acids is 1. The van der Waals surface area contributed by atoms with Crippen LogP contribution in [0.2, 0.25) is 0 Å². The number of furan rings is 1. The van der Waals surface area contributed by atoms with Gasteiger partial charge >= 0.3 is 0 Å². The zero-order valence-electron chi connectivity index (χ0n) is 14.3. The monoisotopic (exact) mass is 347 g/mol. The maximum absolute atomic E-state index is 12.3. The van der Waals surface area contributed by atoms with Gasteiger partial charge in [0.25, 0.3) is 5.91 Å². The van der Waals surface area contributed by atoms with Crippen molar-refractivity contribution in [1.29, 1.82) is 0 Å². The van der Waals surface area contributed by atoms with Gasteiger partial charge in [0.05, 0.1) is 12.3 Å². The van der Waals surface area contributed by atoms with E-state index in [-0.39, 0.29) is 18.0 Å². The van der Waals surface area contributed by atoms with E-state index >= 15 is 0 Å². The molecule has 1 amide bonds. The summed E-state index contributed by atoms with van der Waals surface area (Å²) < 4.78 is 5.21. The molecule has 1 aliphatic rings. The van der Waals surface area contributed by atoms with Crippen LogP contribution in [0.25, 0.3) is 0 Å². The highest BCUT2D eigenvalue weighted by Crippen LogP contribution is 2.29. The number of likely N-dealkylation sites (N-methyl/N-ethyl adjacent to an activating group) is 1. The summed E-state index contributed by atoms with van der Waals surface area (Å²) in [6, 6.07) is 7.88. The van der Waals surface area contributed by atoms with E-state index in [1.165, 1.54) is 11.1 Å². The molecule has 130 valence electrons. The van der Waals surface area contributed by atoms with Gasteiger partial charge in [-0.2, -0.15) is 0 Å². The van der Waals surface area contributed by atoms with Crippen molar-refractivity contribution in [1.82, 2.24) is 15.1 Å². The summed E-state index contributed by atoms with van der Waals surface area (Å²) in [5.41, 5.74) is 0. The van der Waals surface area contributed by atoms with Gasteiger partial charge < -0.3 is 14.6 Å². The van der Waals surface area contributed by atoms with E-state index < -0.39 is 0 Å². The number of thiophene rings is 1. The first-order valence-electron chi connectivity index (χ1n) is 8.53. The quantitative estimate of drug-likeness (QED) is 0.873. The largest absolute Gasteiger partial charge is 0.459 e. The molecule has 24 heavy (non-hydrogen) atoms. The van der Waals surface area contributed by atoms with E-state index in [2.05, 4.69) is 46.5 Å². The number of carbonyl (C=O) groups is 1. The van der Waals surface area contributed by atoms with Crippen molar-refractivity contribution in [3.05, 3.63) is 46.5 Å². The molecule has 3 heterocycles. The van der Waals surface area contributed by atoms with Gasteiger partial charge in [0.15, 0.2) is 5.76 Å². The molecule has 2 atom stereocenters.